The Hall–Kier alpha value is -4.18. The van der Waals surface area contributed by atoms with E-state index in [1.54, 1.807) is 13.1 Å². The molecule has 1 aromatic heterocycles. The molecule has 12 heteroatoms. The van der Waals surface area contributed by atoms with Crippen LogP contribution in [-0.2, 0) is 22.7 Å². The van der Waals surface area contributed by atoms with E-state index in [0.717, 1.165) is 61.7 Å². The van der Waals surface area contributed by atoms with Gasteiger partial charge in [0.1, 0.15) is 10.8 Å². The zero-order valence-electron chi connectivity index (χ0n) is 22.7. The molecule has 0 radical (unpaired) electrons. The van der Waals surface area contributed by atoms with Gasteiger partial charge in [-0.1, -0.05) is 29.8 Å². The zero-order chi connectivity index (χ0) is 28.6. The molecule has 1 aliphatic heterocycles. The van der Waals surface area contributed by atoms with Crippen molar-refractivity contribution in [2.75, 3.05) is 49.0 Å². The molecule has 0 bridgehead atoms. The zero-order valence-corrected chi connectivity index (χ0v) is 23.5. The van der Waals surface area contributed by atoms with Crippen molar-refractivity contribution >= 4 is 34.6 Å². The average molecular weight is 569 g/mol. The lowest BCUT2D eigenvalue weighted by Crippen LogP contribution is -2.46. The summed E-state index contributed by atoms with van der Waals surface area (Å²) in [4.78, 5) is 33.5. The molecule has 3 N–H and O–H groups in total. The molecule has 0 unspecified atom stereocenters. The maximum absolute atomic E-state index is 12.3. The van der Waals surface area contributed by atoms with Crippen molar-refractivity contribution in [2.45, 2.75) is 33.0 Å². The van der Waals surface area contributed by atoms with E-state index in [2.05, 4.69) is 32.1 Å². The quantitative estimate of drug-likeness (QED) is 0.154. The number of anilines is 3. The third-order valence-electron chi connectivity index (χ3n) is 6.36. The highest BCUT2D eigenvalue weighted by Gasteiger charge is 2.25. The number of ether oxygens (including phenoxy) is 2. The molecule has 0 aliphatic carbocycles. The van der Waals surface area contributed by atoms with Gasteiger partial charge in [-0.25, -0.2) is 9.89 Å². The number of nitrogens with two attached hydrogens (primary N) is 1. The third kappa shape index (κ3) is 7.06. The van der Waals surface area contributed by atoms with Gasteiger partial charge in [0.25, 0.3) is 11.4 Å². The highest BCUT2D eigenvalue weighted by molar-refractivity contribution is 6.33. The molecule has 1 fully saturated rings. The predicted molar refractivity (Wildman–Crippen MR) is 155 cm³/mol. The topological polar surface area (TPSA) is 126 Å². The second-order valence-corrected chi connectivity index (χ2v) is 9.95. The molecule has 0 saturated carbocycles. The Bertz CT molecular complexity index is 1400. The van der Waals surface area contributed by atoms with Crippen LogP contribution in [-0.4, -0.2) is 60.4 Å². The summed E-state index contributed by atoms with van der Waals surface area (Å²) in [5.41, 5.74) is 9.01. The van der Waals surface area contributed by atoms with Crippen LogP contribution in [0.5, 0.6) is 11.6 Å². The molecule has 0 amide bonds. The predicted octanol–water partition coefficient (Wildman–Crippen LogP) is 3.41. The number of aromatic nitrogens is 2. The lowest BCUT2D eigenvalue weighted by molar-refractivity contribution is 0.195. The summed E-state index contributed by atoms with van der Waals surface area (Å²) in [5.74, 6) is 2.38. The first-order chi connectivity index (χ1) is 19.3. The van der Waals surface area contributed by atoms with E-state index in [0.29, 0.717) is 0 Å². The van der Waals surface area contributed by atoms with Gasteiger partial charge < -0.3 is 24.9 Å². The van der Waals surface area contributed by atoms with Gasteiger partial charge in [0.15, 0.2) is 11.6 Å². The summed E-state index contributed by atoms with van der Waals surface area (Å²) in [6.07, 6.45) is 0.574. The number of nitrogens with one attached hydrogen (secondary N) is 1. The van der Waals surface area contributed by atoms with Crippen LogP contribution in [0.4, 0.5) is 17.1 Å². The van der Waals surface area contributed by atoms with E-state index in [4.69, 9.17) is 31.6 Å². The Kier molecular flexibility index (Phi) is 9.55. The lowest BCUT2D eigenvalue weighted by atomic mass is 10.1. The lowest BCUT2D eigenvalue weighted by Gasteiger charge is -2.37. The molecule has 0 atom stereocenters. The molecule has 11 nitrogen and oxygen atoms in total. The summed E-state index contributed by atoms with van der Waals surface area (Å²) in [5, 5.41) is 7.40. The van der Waals surface area contributed by atoms with Crippen molar-refractivity contribution < 1.29 is 19.1 Å². The summed E-state index contributed by atoms with van der Waals surface area (Å²) in [6.45, 7) is 7.96. The largest absolute Gasteiger partial charge is 0.495 e. The second-order valence-electron chi connectivity index (χ2n) is 9.58. The van der Waals surface area contributed by atoms with Crippen molar-refractivity contribution in [1.82, 2.24) is 15.1 Å². The van der Waals surface area contributed by atoms with Gasteiger partial charge in [0.2, 0.25) is 6.26 Å². The molecular formula is C28H33ClN6O5. The molecule has 1 saturated heterocycles. The molecular weight excluding hydrogens is 536 g/mol. The minimum Gasteiger partial charge on any atom is -0.495 e. The number of nitrogen functional groups attached to an aromatic ring is 1. The van der Waals surface area contributed by atoms with Gasteiger partial charge >= 0.3 is 0 Å². The first kappa shape index (κ1) is 28.8. The number of H-pyrrole nitrogens is 1. The number of nitrogens with zero attached hydrogens (tertiary/aromatic N) is 4. The van der Waals surface area contributed by atoms with E-state index < -0.39 is 5.56 Å². The molecule has 3 aromatic rings. The van der Waals surface area contributed by atoms with Crippen LogP contribution < -0.4 is 30.7 Å². The van der Waals surface area contributed by atoms with Crippen molar-refractivity contribution in [2.24, 2.45) is 0 Å². The van der Waals surface area contributed by atoms with Gasteiger partial charge in [0.05, 0.1) is 25.4 Å². The number of methoxy groups -OCH3 is 1. The van der Waals surface area contributed by atoms with Crippen molar-refractivity contribution in [1.29, 1.82) is 0 Å². The fourth-order valence-corrected chi connectivity index (χ4v) is 4.67. The average Bonchev–Trinajstić information content (AvgIpc) is 2.95. The smallest absolute Gasteiger partial charge is 0.285 e. The molecule has 2 heterocycles. The van der Waals surface area contributed by atoms with Gasteiger partial charge in [-0.3, -0.25) is 9.69 Å². The Labute approximate surface area is 237 Å². The third-order valence-corrected chi connectivity index (χ3v) is 6.71. The SMILES string of the molecule is COc1ccc(CN(OC=C=O)c2c(OC(C)C)n[nH]c(=O)c2Cl)cc1N1CCN(Cc2ccc(N)cc2)CC1. The van der Waals surface area contributed by atoms with Gasteiger partial charge in [0, 0.05) is 38.4 Å². The first-order valence-corrected chi connectivity index (χ1v) is 13.2. The van der Waals surface area contributed by atoms with Gasteiger partial charge in [-0.2, -0.15) is 5.06 Å². The van der Waals surface area contributed by atoms with Crippen molar-refractivity contribution in [3.63, 3.8) is 0 Å². The summed E-state index contributed by atoms with van der Waals surface area (Å²) in [6, 6.07) is 13.7. The fraction of sp³-hybridized carbons (Fsp3) is 0.357. The number of rotatable bonds is 11. The normalized spacial score (nSPS) is 13.6. The minimum atomic E-state index is -0.622. The maximum Gasteiger partial charge on any atom is 0.285 e. The Balaban J connectivity index is 1.56. The van der Waals surface area contributed by atoms with Crippen molar-refractivity contribution in [3.8, 4) is 11.6 Å². The summed E-state index contributed by atoms with van der Waals surface area (Å²) < 4.78 is 11.4. The number of aromatic amines is 1. The van der Waals surface area contributed by atoms with Crippen LogP contribution in [0.3, 0.4) is 0 Å². The van der Waals surface area contributed by atoms with Gasteiger partial charge in [-0.05, 0) is 49.2 Å². The monoisotopic (exact) mass is 568 g/mol. The van der Waals surface area contributed by atoms with Crippen LogP contribution in [0.1, 0.15) is 25.0 Å². The highest BCUT2D eigenvalue weighted by Crippen LogP contribution is 2.35. The second kappa shape index (κ2) is 13.3. The van der Waals surface area contributed by atoms with Crippen molar-refractivity contribution in [3.05, 3.63) is 75.2 Å². The highest BCUT2D eigenvalue weighted by atomic mass is 35.5. The van der Waals surface area contributed by atoms with Crippen LogP contribution in [0.15, 0.2) is 53.5 Å². The number of hydroxylamine groups is 1. The summed E-state index contributed by atoms with van der Waals surface area (Å²) >= 11 is 6.36. The molecule has 2 aromatic carbocycles. The number of halogens is 1. The number of benzene rings is 2. The van der Waals surface area contributed by atoms with Crippen LogP contribution >= 0.6 is 11.6 Å². The number of hydrogen-bond acceptors (Lipinski definition) is 10. The first-order valence-electron chi connectivity index (χ1n) is 12.9. The van der Waals surface area contributed by atoms with E-state index in [1.165, 1.54) is 10.6 Å². The maximum atomic E-state index is 12.3. The molecule has 1 aliphatic rings. The van der Waals surface area contributed by atoms with E-state index >= 15 is 0 Å². The van der Waals surface area contributed by atoms with Crippen LogP contribution in [0.25, 0.3) is 0 Å². The Morgan fingerprint density at radius 2 is 1.85 bits per heavy atom. The molecule has 212 valence electrons. The molecule has 4 rings (SSSR count). The fourth-order valence-electron chi connectivity index (χ4n) is 4.46. The van der Waals surface area contributed by atoms with Crippen LogP contribution in [0, 0.1) is 0 Å². The Morgan fingerprint density at radius 3 is 2.50 bits per heavy atom. The van der Waals surface area contributed by atoms with E-state index in [9.17, 15) is 9.59 Å². The minimum absolute atomic E-state index is 0.0601. The van der Waals surface area contributed by atoms with E-state index in [-0.39, 0.29) is 29.2 Å². The summed E-state index contributed by atoms with van der Waals surface area (Å²) in [7, 11) is 1.64. The standard InChI is InChI=1S/C28H33ClN6O5/c1-19(2)40-28-26(25(29)27(37)31-32-28)35(39-15-14-36)18-21-6-9-24(38-3)23(16-21)34-12-10-33(11-13-34)17-20-4-7-22(30)8-5-20/h4-9,15-16,19H,10-13,17-18,30H2,1-3H3,(H,31,37). The molecule has 0 spiro atoms. The van der Waals surface area contributed by atoms with E-state index in [1.807, 2.05) is 44.2 Å². The van der Waals surface area contributed by atoms with Gasteiger partial charge in [-0.15, -0.1) is 5.10 Å². The number of carbonyl (C=O) groups excluding carboxylic acids is 1. The molecule has 40 heavy (non-hydrogen) atoms. The Morgan fingerprint density at radius 1 is 1.15 bits per heavy atom. The van der Waals surface area contributed by atoms with Crippen LogP contribution in [0.2, 0.25) is 5.02 Å². The number of piperazine rings is 1. The number of hydrogen-bond donors (Lipinski definition) is 2.